The Balaban J connectivity index is 1.53. The minimum absolute atomic E-state index is 0.0504. The van der Waals surface area contributed by atoms with Gasteiger partial charge < -0.3 is 14.7 Å². The Labute approximate surface area is 192 Å². The normalized spacial score (nSPS) is 16.8. The summed E-state index contributed by atoms with van der Waals surface area (Å²) in [5.74, 6) is -1.61. The largest absolute Gasteiger partial charge is 0.504 e. The van der Waals surface area contributed by atoms with E-state index in [1.165, 1.54) is 18.7 Å². The van der Waals surface area contributed by atoms with Gasteiger partial charge in [0.05, 0.1) is 23.0 Å². The Hall–Kier alpha value is -3.86. The Morgan fingerprint density at radius 1 is 1.27 bits per heavy atom. The number of imide groups is 1. The molecule has 0 unspecified atom stereocenters. The molecule has 170 valence electrons. The number of ether oxygens (including phenoxy) is 1. The standard InChI is InChI=1S/C22H19N3O7S/c1-32-17-10-16(25(30)31)8-15(20(17)27)9-18-21(28)24(22(29)33-18)12-19(26)23-7-6-13-4-2-3-5-14(13)11-23/h2-5,8-10,27H,6-7,11-12H2,1H3. The van der Waals surface area contributed by atoms with Gasteiger partial charge in [-0.15, -0.1) is 0 Å². The van der Waals surface area contributed by atoms with Gasteiger partial charge in [0.15, 0.2) is 11.5 Å². The molecule has 0 atom stereocenters. The summed E-state index contributed by atoms with van der Waals surface area (Å²) in [6, 6.07) is 9.91. The van der Waals surface area contributed by atoms with Crippen molar-refractivity contribution in [2.24, 2.45) is 0 Å². The van der Waals surface area contributed by atoms with E-state index in [1.54, 1.807) is 4.90 Å². The summed E-state index contributed by atoms with van der Waals surface area (Å²) in [6.07, 6.45) is 1.87. The van der Waals surface area contributed by atoms with Crippen molar-refractivity contribution in [3.8, 4) is 11.5 Å². The first-order chi connectivity index (χ1) is 15.8. The molecule has 2 aromatic rings. The molecule has 0 saturated carbocycles. The van der Waals surface area contributed by atoms with Crippen LogP contribution in [-0.4, -0.2) is 57.1 Å². The molecular weight excluding hydrogens is 450 g/mol. The Kier molecular flexibility index (Phi) is 6.05. The number of hydrogen-bond donors (Lipinski definition) is 1. The van der Waals surface area contributed by atoms with Crippen molar-refractivity contribution in [1.82, 2.24) is 9.80 Å². The molecule has 0 radical (unpaired) electrons. The van der Waals surface area contributed by atoms with Crippen LogP contribution < -0.4 is 4.74 Å². The van der Waals surface area contributed by atoms with Crippen molar-refractivity contribution >= 4 is 40.6 Å². The van der Waals surface area contributed by atoms with E-state index in [-0.39, 0.29) is 27.8 Å². The second kappa shape index (κ2) is 8.94. The number of methoxy groups -OCH3 is 1. The van der Waals surface area contributed by atoms with Crippen LogP contribution in [-0.2, 0) is 22.6 Å². The highest BCUT2D eigenvalue weighted by Gasteiger charge is 2.37. The maximum atomic E-state index is 12.8. The van der Waals surface area contributed by atoms with Crippen LogP contribution in [0.3, 0.4) is 0 Å². The van der Waals surface area contributed by atoms with Gasteiger partial charge in [0.1, 0.15) is 6.54 Å². The quantitative estimate of drug-likeness (QED) is 0.402. The molecule has 1 N–H and O–H groups in total. The van der Waals surface area contributed by atoms with Crippen LogP contribution in [0.4, 0.5) is 10.5 Å². The van der Waals surface area contributed by atoms with E-state index in [9.17, 15) is 29.6 Å². The van der Waals surface area contributed by atoms with Gasteiger partial charge in [-0.3, -0.25) is 29.4 Å². The number of nitro benzene ring substituents is 1. The van der Waals surface area contributed by atoms with Gasteiger partial charge in [0.25, 0.3) is 16.8 Å². The summed E-state index contributed by atoms with van der Waals surface area (Å²) < 4.78 is 4.95. The number of phenolic OH excluding ortho intramolecular Hbond substituents is 1. The Bertz CT molecular complexity index is 1210. The third-order valence-electron chi connectivity index (χ3n) is 5.46. The van der Waals surface area contributed by atoms with E-state index in [1.807, 2.05) is 24.3 Å². The smallest absolute Gasteiger partial charge is 0.294 e. The van der Waals surface area contributed by atoms with Gasteiger partial charge in [-0.2, -0.15) is 0 Å². The highest BCUT2D eigenvalue weighted by molar-refractivity contribution is 8.18. The fourth-order valence-corrected chi connectivity index (χ4v) is 4.54. The van der Waals surface area contributed by atoms with E-state index < -0.39 is 28.4 Å². The third kappa shape index (κ3) is 4.40. The first kappa shape index (κ1) is 22.3. The zero-order valence-electron chi connectivity index (χ0n) is 17.5. The van der Waals surface area contributed by atoms with Crippen molar-refractivity contribution in [3.05, 3.63) is 68.1 Å². The average molecular weight is 469 g/mol. The van der Waals surface area contributed by atoms with Crippen LogP contribution in [0.1, 0.15) is 16.7 Å². The first-order valence-electron chi connectivity index (χ1n) is 9.93. The zero-order chi connectivity index (χ0) is 23.7. The summed E-state index contributed by atoms with van der Waals surface area (Å²) in [6.45, 7) is 0.486. The number of carbonyl (C=O) groups excluding carboxylic acids is 3. The maximum Gasteiger partial charge on any atom is 0.294 e. The van der Waals surface area contributed by atoms with Crippen LogP contribution in [0, 0.1) is 10.1 Å². The van der Waals surface area contributed by atoms with Crippen molar-refractivity contribution in [2.45, 2.75) is 13.0 Å². The lowest BCUT2D eigenvalue weighted by molar-refractivity contribution is -0.385. The highest BCUT2D eigenvalue weighted by Crippen LogP contribution is 2.39. The molecule has 2 aliphatic heterocycles. The van der Waals surface area contributed by atoms with E-state index in [0.717, 1.165) is 22.6 Å². The molecule has 2 aliphatic rings. The summed E-state index contributed by atoms with van der Waals surface area (Å²) >= 11 is 0.596. The molecule has 0 aromatic heterocycles. The summed E-state index contributed by atoms with van der Waals surface area (Å²) in [5, 5.41) is 20.8. The van der Waals surface area contributed by atoms with E-state index >= 15 is 0 Å². The molecule has 11 heteroatoms. The predicted octanol–water partition coefficient (Wildman–Crippen LogP) is 2.93. The molecule has 0 spiro atoms. The molecule has 0 bridgehead atoms. The number of aromatic hydroxyl groups is 1. The van der Waals surface area contributed by atoms with Crippen molar-refractivity contribution in [1.29, 1.82) is 0 Å². The number of hydrogen-bond acceptors (Lipinski definition) is 8. The number of amides is 3. The van der Waals surface area contributed by atoms with Gasteiger partial charge in [-0.25, -0.2) is 0 Å². The van der Waals surface area contributed by atoms with Crippen LogP contribution >= 0.6 is 11.8 Å². The van der Waals surface area contributed by atoms with Crippen molar-refractivity contribution < 1.29 is 29.2 Å². The second-order valence-electron chi connectivity index (χ2n) is 7.44. The van der Waals surface area contributed by atoms with Gasteiger partial charge in [0.2, 0.25) is 5.91 Å². The van der Waals surface area contributed by atoms with E-state index in [0.29, 0.717) is 31.3 Å². The number of phenols is 1. The Morgan fingerprint density at radius 2 is 2.00 bits per heavy atom. The fourth-order valence-electron chi connectivity index (χ4n) is 3.71. The molecule has 0 aliphatic carbocycles. The molecule has 1 saturated heterocycles. The summed E-state index contributed by atoms with van der Waals surface area (Å²) in [4.78, 5) is 50.9. The number of nitrogens with zero attached hydrogens (tertiary/aromatic N) is 3. The number of non-ortho nitro benzene ring substituents is 1. The average Bonchev–Trinajstić information content (AvgIpc) is 3.07. The lowest BCUT2D eigenvalue weighted by Crippen LogP contribution is -2.44. The van der Waals surface area contributed by atoms with Gasteiger partial charge in [0, 0.05) is 24.7 Å². The predicted molar refractivity (Wildman–Crippen MR) is 120 cm³/mol. The summed E-state index contributed by atoms with van der Waals surface area (Å²) in [5.41, 5.74) is 1.80. The van der Waals surface area contributed by atoms with E-state index in [2.05, 4.69) is 0 Å². The van der Waals surface area contributed by atoms with Crippen LogP contribution in [0.5, 0.6) is 11.5 Å². The van der Waals surface area contributed by atoms with E-state index in [4.69, 9.17) is 4.74 Å². The molecule has 4 rings (SSSR count). The molecule has 1 fully saturated rings. The number of carbonyl (C=O) groups is 3. The number of thioether (sulfide) groups is 1. The third-order valence-corrected chi connectivity index (χ3v) is 6.36. The number of nitro groups is 1. The lowest BCUT2D eigenvalue weighted by Gasteiger charge is -2.29. The van der Waals surface area contributed by atoms with Crippen LogP contribution in [0.15, 0.2) is 41.3 Å². The van der Waals surface area contributed by atoms with Crippen molar-refractivity contribution in [3.63, 3.8) is 0 Å². The maximum absolute atomic E-state index is 12.8. The lowest BCUT2D eigenvalue weighted by atomic mass is 10.00. The van der Waals surface area contributed by atoms with Crippen LogP contribution in [0.2, 0.25) is 0 Å². The number of benzene rings is 2. The molecule has 3 amide bonds. The van der Waals surface area contributed by atoms with Gasteiger partial charge in [-0.1, -0.05) is 24.3 Å². The topological polar surface area (TPSA) is 130 Å². The minimum atomic E-state index is -0.708. The summed E-state index contributed by atoms with van der Waals surface area (Å²) in [7, 11) is 1.24. The first-order valence-corrected chi connectivity index (χ1v) is 10.8. The monoisotopic (exact) mass is 469 g/mol. The van der Waals surface area contributed by atoms with Crippen molar-refractivity contribution in [2.75, 3.05) is 20.2 Å². The number of fused-ring (bicyclic) bond motifs is 1. The molecule has 33 heavy (non-hydrogen) atoms. The number of rotatable bonds is 5. The SMILES string of the molecule is COc1cc([N+](=O)[O-])cc(C=C2SC(=O)N(CC(=O)N3CCc4ccccc4C3)C2=O)c1O. The second-order valence-corrected chi connectivity index (χ2v) is 8.44. The highest BCUT2D eigenvalue weighted by atomic mass is 32.2. The van der Waals surface area contributed by atoms with Gasteiger partial charge >= 0.3 is 0 Å². The fraction of sp³-hybridized carbons (Fsp3) is 0.227. The molecule has 2 heterocycles. The molecule has 10 nitrogen and oxygen atoms in total. The Morgan fingerprint density at radius 3 is 2.70 bits per heavy atom. The zero-order valence-corrected chi connectivity index (χ0v) is 18.3. The minimum Gasteiger partial charge on any atom is -0.504 e. The van der Waals surface area contributed by atoms with Gasteiger partial charge in [-0.05, 0) is 35.4 Å². The molecule has 2 aromatic carbocycles. The van der Waals surface area contributed by atoms with Crippen LogP contribution in [0.25, 0.3) is 6.08 Å². The molecular formula is C22H19N3O7S.